The first-order valence-corrected chi connectivity index (χ1v) is 8.96. The van der Waals surface area contributed by atoms with Crippen molar-refractivity contribution in [2.75, 3.05) is 10.5 Å². The van der Waals surface area contributed by atoms with Crippen LogP contribution in [0.25, 0.3) is 0 Å². The Labute approximate surface area is 131 Å². The van der Waals surface area contributed by atoms with Crippen molar-refractivity contribution in [2.45, 2.75) is 25.7 Å². The van der Waals surface area contributed by atoms with Crippen molar-refractivity contribution in [3.05, 3.63) is 38.0 Å². The van der Waals surface area contributed by atoms with Gasteiger partial charge in [0.2, 0.25) is 0 Å². The van der Waals surface area contributed by atoms with Crippen molar-refractivity contribution in [3.63, 3.8) is 0 Å². The first kappa shape index (κ1) is 15.3. The maximum atomic E-state index is 12.5. The quantitative estimate of drug-likeness (QED) is 0.802. The smallest absolute Gasteiger partial charge is 0.263 e. The largest absolute Gasteiger partial charge is 0.398 e. The van der Waals surface area contributed by atoms with E-state index in [1.807, 2.05) is 6.92 Å². The van der Waals surface area contributed by atoms with Gasteiger partial charge in [-0.2, -0.15) is 0 Å². The highest BCUT2D eigenvalue weighted by Gasteiger charge is 2.21. The number of halogens is 1. The predicted molar refractivity (Wildman–Crippen MR) is 87.9 cm³/mol. The SMILES string of the molecule is Cc1ccc(N)c(C)c1NS(=O)(=O)c1cc(Br)sc1C. The Morgan fingerprint density at radius 1 is 1.25 bits per heavy atom. The first-order chi connectivity index (χ1) is 9.22. The van der Waals surface area contributed by atoms with Gasteiger partial charge in [-0.05, 0) is 60.0 Å². The molecule has 1 aromatic heterocycles. The monoisotopic (exact) mass is 374 g/mol. The maximum absolute atomic E-state index is 12.5. The number of rotatable bonds is 3. The van der Waals surface area contributed by atoms with Crippen molar-refractivity contribution >= 4 is 48.7 Å². The zero-order valence-electron chi connectivity index (χ0n) is 11.3. The van der Waals surface area contributed by atoms with Crippen molar-refractivity contribution in [1.29, 1.82) is 0 Å². The summed E-state index contributed by atoms with van der Waals surface area (Å²) in [4.78, 5) is 1.03. The number of nitrogens with two attached hydrogens (primary N) is 1. The normalized spacial score (nSPS) is 11.6. The number of aryl methyl sites for hydroxylation is 2. The van der Waals surface area contributed by atoms with E-state index in [9.17, 15) is 8.42 Å². The minimum absolute atomic E-state index is 0.288. The highest BCUT2D eigenvalue weighted by molar-refractivity contribution is 9.11. The second-order valence-electron chi connectivity index (χ2n) is 4.55. The van der Waals surface area contributed by atoms with Crippen LogP contribution in [0.15, 0.2) is 26.9 Å². The number of anilines is 2. The van der Waals surface area contributed by atoms with Crippen molar-refractivity contribution in [3.8, 4) is 0 Å². The third-order valence-corrected chi connectivity index (χ3v) is 6.24. The molecule has 4 nitrogen and oxygen atoms in total. The van der Waals surface area contributed by atoms with Gasteiger partial charge in [0.15, 0.2) is 0 Å². The molecule has 0 amide bonds. The topological polar surface area (TPSA) is 72.2 Å². The average Bonchev–Trinajstić information content (AvgIpc) is 2.70. The molecule has 0 fully saturated rings. The van der Waals surface area contributed by atoms with Crippen LogP contribution in [0, 0.1) is 20.8 Å². The molecule has 7 heteroatoms. The van der Waals surface area contributed by atoms with Gasteiger partial charge in [-0.1, -0.05) is 6.07 Å². The Bertz CT molecular complexity index is 767. The zero-order chi connectivity index (χ0) is 15.1. The number of hydrogen-bond donors (Lipinski definition) is 2. The second kappa shape index (κ2) is 5.38. The van der Waals surface area contributed by atoms with Crippen LogP contribution in [0.4, 0.5) is 11.4 Å². The number of benzene rings is 1. The number of nitrogen functional groups attached to an aromatic ring is 1. The van der Waals surface area contributed by atoms with Crippen LogP contribution in [0.5, 0.6) is 0 Å². The molecule has 108 valence electrons. The molecule has 20 heavy (non-hydrogen) atoms. The summed E-state index contributed by atoms with van der Waals surface area (Å²) in [6.07, 6.45) is 0. The van der Waals surface area contributed by atoms with Gasteiger partial charge in [-0.3, -0.25) is 4.72 Å². The van der Waals surface area contributed by atoms with Crippen LogP contribution in [0.3, 0.4) is 0 Å². The molecule has 0 bridgehead atoms. The van der Waals surface area contributed by atoms with Crippen LogP contribution in [-0.2, 0) is 10.0 Å². The van der Waals surface area contributed by atoms with E-state index in [4.69, 9.17) is 5.73 Å². The fraction of sp³-hybridized carbons (Fsp3) is 0.231. The van der Waals surface area contributed by atoms with Crippen LogP contribution in [0.2, 0.25) is 0 Å². The summed E-state index contributed by atoms with van der Waals surface area (Å²) < 4.78 is 28.4. The van der Waals surface area contributed by atoms with Gasteiger partial charge in [0.25, 0.3) is 10.0 Å². The van der Waals surface area contributed by atoms with E-state index in [2.05, 4.69) is 20.7 Å². The molecule has 3 N–H and O–H groups in total. The Morgan fingerprint density at radius 2 is 1.90 bits per heavy atom. The number of hydrogen-bond acceptors (Lipinski definition) is 4. The summed E-state index contributed by atoms with van der Waals surface area (Å²) in [6, 6.07) is 5.19. The van der Waals surface area contributed by atoms with Crippen LogP contribution in [0.1, 0.15) is 16.0 Å². The van der Waals surface area contributed by atoms with Gasteiger partial charge in [0.1, 0.15) is 4.90 Å². The summed E-state index contributed by atoms with van der Waals surface area (Å²) in [6.45, 7) is 5.43. The van der Waals surface area contributed by atoms with Gasteiger partial charge in [0, 0.05) is 10.6 Å². The van der Waals surface area contributed by atoms with E-state index >= 15 is 0 Å². The van der Waals surface area contributed by atoms with Gasteiger partial charge in [-0.15, -0.1) is 11.3 Å². The molecule has 0 atom stereocenters. The van der Waals surface area contributed by atoms with Crippen molar-refractivity contribution in [2.24, 2.45) is 0 Å². The highest BCUT2D eigenvalue weighted by atomic mass is 79.9. The molecule has 0 unspecified atom stereocenters. The second-order valence-corrected chi connectivity index (χ2v) is 8.83. The lowest BCUT2D eigenvalue weighted by atomic mass is 10.1. The standard InChI is InChI=1S/C13H15BrN2O2S2/c1-7-4-5-10(15)8(2)13(7)16-20(17,18)11-6-12(14)19-9(11)3/h4-6,16H,15H2,1-3H3. The molecule has 0 radical (unpaired) electrons. The van der Waals surface area contributed by atoms with E-state index in [0.717, 1.165) is 19.8 Å². The highest BCUT2D eigenvalue weighted by Crippen LogP contribution is 2.33. The molecule has 0 aliphatic rings. The lowest BCUT2D eigenvalue weighted by Gasteiger charge is -2.14. The summed E-state index contributed by atoms with van der Waals surface area (Å²) >= 11 is 4.70. The zero-order valence-corrected chi connectivity index (χ0v) is 14.5. The molecule has 0 saturated heterocycles. The van der Waals surface area contributed by atoms with Crippen LogP contribution >= 0.6 is 27.3 Å². The Morgan fingerprint density at radius 3 is 2.45 bits per heavy atom. The molecule has 2 rings (SSSR count). The van der Waals surface area contributed by atoms with Gasteiger partial charge >= 0.3 is 0 Å². The molecule has 0 saturated carbocycles. The minimum atomic E-state index is -3.61. The summed E-state index contributed by atoms with van der Waals surface area (Å²) in [7, 11) is -3.61. The third kappa shape index (κ3) is 2.84. The van der Waals surface area contributed by atoms with Gasteiger partial charge in [0.05, 0.1) is 9.47 Å². The first-order valence-electron chi connectivity index (χ1n) is 5.87. The molecule has 0 aliphatic carbocycles. The van der Waals surface area contributed by atoms with Gasteiger partial charge in [-0.25, -0.2) is 8.42 Å². The van der Waals surface area contributed by atoms with Crippen molar-refractivity contribution in [1.82, 2.24) is 0 Å². The minimum Gasteiger partial charge on any atom is -0.398 e. The maximum Gasteiger partial charge on any atom is 0.263 e. The summed E-state index contributed by atoms with van der Waals surface area (Å²) in [5.41, 5.74) is 8.53. The van der Waals surface area contributed by atoms with E-state index in [-0.39, 0.29) is 4.90 Å². The molecule has 0 spiro atoms. The number of sulfonamides is 1. The fourth-order valence-electron chi connectivity index (χ4n) is 1.91. The predicted octanol–water partition coefficient (Wildman–Crippen LogP) is 3.82. The molecular formula is C13H15BrN2O2S2. The number of nitrogens with one attached hydrogen (secondary N) is 1. The number of thiophene rings is 1. The Balaban J connectivity index is 2.49. The van der Waals surface area contributed by atoms with Crippen molar-refractivity contribution < 1.29 is 8.42 Å². The van der Waals surface area contributed by atoms with Crippen LogP contribution < -0.4 is 10.5 Å². The van der Waals surface area contributed by atoms with E-state index in [1.54, 1.807) is 32.0 Å². The molecular weight excluding hydrogens is 360 g/mol. The lowest BCUT2D eigenvalue weighted by molar-refractivity contribution is 0.601. The van der Waals surface area contributed by atoms with E-state index < -0.39 is 10.0 Å². The Kier molecular flexibility index (Phi) is 4.13. The molecule has 2 aromatic rings. The fourth-order valence-corrected chi connectivity index (χ4v) is 5.52. The summed E-state index contributed by atoms with van der Waals surface area (Å²) in [5, 5.41) is 0. The summed E-state index contributed by atoms with van der Waals surface area (Å²) in [5.74, 6) is 0. The average molecular weight is 375 g/mol. The van der Waals surface area contributed by atoms with Gasteiger partial charge < -0.3 is 5.73 Å². The molecule has 1 aromatic carbocycles. The molecule has 1 heterocycles. The van der Waals surface area contributed by atoms with Crippen LogP contribution in [-0.4, -0.2) is 8.42 Å². The third-order valence-electron chi connectivity index (χ3n) is 3.08. The molecule has 0 aliphatic heterocycles. The van der Waals surface area contributed by atoms with E-state index in [0.29, 0.717) is 11.4 Å². The lowest BCUT2D eigenvalue weighted by Crippen LogP contribution is -2.15. The van der Waals surface area contributed by atoms with E-state index in [1.165, 1.54) is 11.3 Å². The Hall–Kier alpha value is -1.05.